The molecule has 1 aromatic heterocycles. The molecule has 2 aromatic rings. The molecule has 0 atom stereocenters. The number of carbonyl (C=O) groups is 1. The fourth-order valence-corrected chi connectivity index (χ4v) is 5.02. The second kappa shape index (κ2) is 7.38. The summed E-state index contributed by atoms with van der Waals surface area (Å²) in [6.45, 7) is 5.91. The molecule has 3 heterocycles. The molecule has 0 saturated carbocycles. The van der Waals surface area contributed by atoms with Gasteiger partial charge in [0.05, 0.1) is 5.54 Å². The topological polar surface area (TPSA) is 101 Å². The summed E-state index contributed by atoms with van der Waals surface area (Å²) in [4.78, 5) is 17.1. The maximum Gasteiger partial charge on any atom is 0.270 e. The standard InChI is InChI=1S/C20H25N3O5S/c1-20(2,14-5-6-17-18(11-14)28-10-9-27-17)22-29(25,26)15-12-16(21-13-15)19(24)23-7-3-4-8-23/h5-6,11-13,21-22H,3-4,7-10H2,1-2H3. The highest BCUT2D eigenvalue weighted by atomic mass is 32.2. The van der Waals surface area contributed by atoms with Crippen LogP contribution in [0, 0.1) is 0 Å². The van der Waals surface area contributed by atoms with Crippen LogP contribution in [0.1, 0.15) is 42.7 Å². The van der Waals surface area contributed by atoms with E-state index in [-0.39, 0.29) is 16.5 Å². The largest absolute Gasteiger partial charge is 0.486 e. The molecular formula is C20H25N3O5S. The highest BCUT2D eigenvalue weighted by Gasteiger charge is 2.31. The highest BCUT2D eigenvalue weighted by molar-refractivity contribution is 7.89. The molecule has 9 heteroatoms. The number of nitrogens with zero attached hydrogens (tertiary/aromatic N) is 1. The van der Waals surface area contributed by atoms with Crippen molar-refractivity contribution >= 4 is 15.9 Å². The third kappa shape index (κ3) is 3.97. The number of hydrogen-bond donors (Lipinski definition) is 2. The van der Waals surface area contributed by atoms with Crippen molar-refractivity contribution < 1.29 is 22.7 Å². The molecule has 2 N–H and O–H groups in total. The number of hydrogen-bond acceptors (Lipinski definition) is 5. The van der Waals surface area contributed by atoms with Gasteiger partial charge in [-0.1, -0.05) is 6.07 Å². The van der Waals surface area contributed by atoms with Gasteiger partial charge in [0.2, 0.25) is 10.0 Å². The molecule has 1 aromatic carbocycles. The van der Waals surface area contributed by atoms with Crippen LogP contribution in [0.4, 0.5) is 0 Å². The van der Waals surface area contributed by atoms with Crippen LogP contribution >= 0.6 is 0 Å². The monoisotopic (exact) mass is 419 g/mol. The number of aromatic nitrogens is 1. The number of aromatic amines is 1. The summed E-state index contributed by atoms with van der Waals surface area (Å²) in [7, 11) is -3.85. The van der Waals surface area contributed by atoms with Gasteiger partial charge in [0.15, 0.2) is 11.5 Å². The number of likely N-dealkylation sites (tertiary alicyclic amines) is 1. The zero-order valence-electron chi connectivity index (χ0n) is 16.5. The number of ether oxygens (including phenoxy) is 2. The average Bonchev–Trinajstić information content (AvgIpc) is 3.38. The second-order valence-electron chi connectivity index (χ2n) is 7.84. The Balaban J connectivity index is 1.54. The Morgan fingerprint density at radius 3 is 2.52 bits per heavy atom. The van der Waals surface area contributed by atoms with Gasteiger partial charge in [-0.2, -0.15) is 0 Å². The van der Waals surface area contributed by atoms with E-state index in [0.717, 1.165) is 18.4 Å². The van der Waals surface area contributed by atoms with E-state index in [1.165, 1.54) is 12.3 Å². The lowest BCUT2D eigenvalue weighted by Gasteiger charge is -2.28. The van der Waals surface area contributed by atoms with Crippen molar-refractivity contribution in [3.05, 3.63) is 41.7 Å². The van der Waals surface area contributed by atoms with E-state index in [2.05, 4.69) is 9.71 Å². The summed E-state index contributed by atoms with van der Waals surface area (Å²) in [5.74, 6) is 1.07. The Morgan fingerprint density at radius 2 is 1.79 bits per heavy atom. The maximum absolute atomic E-state index is 13.0. The lowest BCUT2D eigenvalue weighted by molar-refractivity contribution is 0.0787. The van der Waals surface area contributed by atoms with Crippen LogP contribution in [0.2, 0.25) is 0 Å². The van der Waals surface area contributed by atoms with Crippen LogP contribution in [-0.2, 0) is 15.6 Å². The molecule has 156 valence electrons. The molecule has 1 saturated heterocycles. The van der Waals surface area contributed by atoms with Crippen LogP contribution in [0.25, 0.3) is 0 Å². The highest BCUT2D eigenvalue weighted by Crippen LogP contribution is 2.35. The molecular weight excluding hydrogens is 394 g/mol. The SMILES string of the molecule is CC(C)(NS(=O)(=O)c1c[nH]c(C(=O)N2CCCC2)c1)c1ccc2c(c1)OCCO2. The van der Waals surface area contributed by atoms with Crippen molar-refractivity contribution in [2.24, 2.45) is 0 Å². The molecule has 0 spiro atoms. The van der Waals surface area contributed by atoms with Gasteiger partial charge in [-0.3, -0.25) is 4.79 Å². The number of carbonyl (C=O) groups excluding carboxylic acids is 1. The van der Waals surface area contributed by atoms with E-state index in [4.69, 9.17) is 9.47 Å². The molecule has 29 heavy (non-hydrogen) atoms. The normalized spacial score (nSPS) is 16.8. The average molecular weight is 420 g/mol. The van der Waals surface area contributed by atoms with Crippen molar-refractivity contribution in [3.63, 3.8) is 0 Å². The first-order chi connectivity index (χ1) is 13.8. The number of sulfonamides is 1. The fourth-order valence-electron chi connectivity index (χ4n) is 3.63. The van der Waals surface area contributed by atoms with Gasteiger partial charge in [-0.15, -0.1) is 0 Å². The number of amides is 1. The third-order valence-corrected chi connectivity index (χ3v) is 6.88. The van der Waals surface area contributed by atoms with Gasteiger partial charge < -0.3 is 19.4 Å². The van der Waals surface area contributed by atoms with Crippen molar-refractivity contribution in [3.8, 4) is 11.5 Å². The predicted octanol–water partition coefficient (Wildman–Crippen LogP) is 2.24. The number of fused-ring (bicyclic) bond motifs is 1. The van der Waals surface area contributed by atoms with Crippen molar-refractivity contribution in [1.29, 1.82) is 0 Å². The lowest BCUT2D eigenvalue weighted by atomic mass is 9.95. The Bertz CT molecular complexity index is 1020. The minimum absolute atomic E-state index is 0.0330. The van der Waals surface area contributed by atoms with E-state index in [1.54, 1.807) is 30.9 Å². The van der Waals surface area contributed by atoms with E-state index in [0.29, 0.717) is 37.8 Å². The van der Waals surface area contributed by atoms with Gasteiger partial charge in [0.1, 0.15) is 23.8 Å². The summed E-state index contributed by atoms with van der Waals surface area (Å²) in [5, 5.41) is 0. The van der Waals surface area contributed by atoms with E-state index in [9.17, 15) is 13.2 Å². The summed E-state index contributed by atoms with van der Waals surface area (Å²) in [5.41, 5.74) is 0.129. The van der Waals surface area contributed by atoms with Crippen LogP contribution in [-0.4, -0.2) is 50.5 Å². The first-order valence-electron chi connectivity index (χ1n) is 9.68. The molecule has 0 unspecified atom stereocenters. The molecule has 0 bridgehead atoms. The molecule has 2 aliphatic heterocycles. The second-order valence-corrected chi connectivity index (χ2v) is 9.52. The van der Waals surface area contributed by atoms with Gasteiger partial charge >= 0.3 is 0 Å². The van der Waals surface area contributed by atoms with Crippen LogP contribution in [0.5, 0.6) is 11.5 Å². The Kier molecular flexibility index (Phi) is 5.04. The Morgan fingerprint density at radius 1 is 1.10 bits per heavy atom. The molecule has 1 fully saturated rings. The van der Waals surface area contributed by atoms with Gasteiger partial charge in [0, 0.05) is 19.3 Å². The summed E-state index contributed by atoms with van der Waals surface area (Å²) < 4.78 is 39.8. The van der Waals surface area contributed by atoms with Gasteiger partial charge in [-0.25, -0.2) is 13.1 Å². The van der Waals surface area contributed by atoms with E-state index >= 15 is 0 Å². The van der Waals surface area contributed by atoms with Crippen molar-refractivity contribution in [2.75, 3.05) is 26.3 Å². The van der Waals surface area contributed by atoms with E-state index in [1.807, 2.05) is 6.07 Å². The predicted molar refractivity (Wildman–Crippen MR) is 107 cm³/mol. The van der Waals surface area contributed by atoms with E-state index < -0.39 is 15.6 Å². The molecule has 0 radical (unpaired) electrons. The number of benzene rings is 1. The molecule has 0 aliphatic carbocycles. The first-order valence-corrected chi connectivity index (χ1v) is 11.2. The van der Waals surface area contributed by atoms with Crippen molar-refractivity contribution in [1.82, 2.24) is 14.6 Å². The number of H-pyrrole nitrogens is 1. The van der Waals surface area contributed by atoms with Gasteiger partial charge in [-0.05, 0) is 50.5 Å². The molecule has 1 amide bonds. The summed E-state index contributed by atoms with van der Waals surface area (Å²) in [6, 6.07) is 6.78. The lowest BCUT2D eigenvalue weighted by Crippen LogP contribution is -2.40. The van der Waals surface area contributed by atoms with Crippen LogP contribution in [0.15, 0.2) is 35.4 Å². The zero-order valence-corrected chi connectivity index (χ0v) is 17.3. The smallest absolute Gasteiger partial charge is 0.270 e. The molecule has 8 nitrogen and oxygen atoms in total. The quantitative estimate of drug-likeness (QED) is 0.774. The third-order valence-electron chi connectivity index (χ3n) is 5.24. The Labute approximate surface area is 170 Å². The minimum atomic E-state index is -3.85. The minimum Gasteiger partial charge on any atom is -0.486 e. The van der Waals surface area contributed by atoms with Crippen LogP contribution < -0.4 is 14.2 Å². The first kappa shape index (κ1) is 19.8. The molecule has 4 rings (SSSR count). The molecule has 2 aliphatic rings. The number of nitrogens with one attached hydrogen (secondary N) is 2. The van der Waals surface area contributed by atoms with Crippen molar-refractivity contribution in [2.45, 2.75) is 37.1 Å². The van der Waals surface area contributed by atoms with Crippen LogP contribution in [0.3, 0.4) is 0 Å². The maximum atomic E-state index is 13.0. The fraction of sp³-hybridized carbons (Fsp3) is 0.450. The number of rotatable bonds is 5. The summed E-state index contributed by atoms with van der Waals surface area (Å²) in [6.07, 6.45) is 3.30. The summed E-state index contributed by atoms with van der Waals surface area (Å²) >= 11 is 0. The zero-order chi connectivity index (χ0) is 20.6. The van der Waals surface area contributed by atoms with Gasteiger partial charge in [0.25, 0.3) is 5.91 Å². The Hall–Kier alpha value is -2.52.